The number of hydrogen-bond acceptors (Lipinski definition) is 22. The van der Waals surface area contributed by atoms with Crippen molar-refractivity contribution in [1.82, 2.24) is 97.9 Å². The number of nitrogens with one attached hydrogen (secondary N) is 14. The van der Waals surface area contributed by atoms with Crippen LogP contribution in [0.5, 0.6) is 0 Å². The number of benzene rings is 3. The fourth-order valence-electron chi connectivity index (χ4n) is 16.7. The number of para-hydroxylation sites is 1. The Morgan fingerprint density at radius 3 is 1.72 bits per heavy atom. The van der Waals surface area contributed by atoms with E-state index in [9.17, 15) is 48.3 Å². The third-order valence-electron chi connectivity index (χ3n) is 24.2. The zero-order chi connectivity index (χ0) is 98.4. The molecule has 732 valence electrons. The Morgan fingerprint density at radius 2 is 1.10 bits per heavy atom. The number of unbranched alkanes of at least 4 members (excludes halogenated alkanes) is 2. The number of amides is 17. The number of thioether (sulfide) groups is 1. The highest BCUT2D eigenvalue weighted by molar-refractivity contribution is 8.00. The van der Waals surface area contributed by atoms with Gasteiger partial charge in [-0.3, -0.25) is 86.9 Å². The number of aromatic nitrogens is 3. The summed E-state index contributed by atoms with van der Waals surface area (Å²) in [6.45, 7) is 6.73. The molecule has 3 aromatic carbocycles. The van der Waals surface area contributed by atoms with E-state index in [4.69, 9.17) is 34.2 Å². The van der Waals surface area contributed by atoms with Crippen molar-refractivity contribution >= 4 is 162 Å². The molecule has 17 amide bonds. The van der Waals surface area contributed by atoms with Crippen molar-refractivity contribution in [2.45, 2.75) is 235 Å². The number of thiophene rings is 1. The number of carbonyl (C=O) groups excluding carboxylic acids is 17. The molecular weight excluding hydrogens is 1800 g/mol. The molecule has 0 bridgehead atoms. The summed E-state index contributed by atoms with van der Waals surface area (Å²) >= 11 is 8.41. The average molecular weight is 1930 g/mol. The molecule has 3 fully saturated rings. The Balaban J connectivity index is 1.10. The van der Waals surface area contributed by atoms with Crippen molar-refractivity contribution in [3.63, 3.8) is 0 Å². The smallest absolute Gasteiger partial charge is 0.246 e. The molecule has 41 nitrogen and oxygen atoms in total. The summed E-state index contributed by atoms with van der Waals surface area (Å²) in [5.41, 5.74) is 19.5. The number of imidazole rings is 1. The van der Waals surface area contributed by atoms with Crippen molar-refractivity contribution in [2.75, 3.05) is 65.4 Å². The molecule has 0 aliphatic carbocycles. The zero-order valence-corrected chi connectivity index (χ0v) is 79.5. The molecule has 3 aromatic heterocycles. The van der Waals surface area contributed by atoms with Gasteiger partial charge in [-0.1, -0.05) is 114 Å². The van der Waals surface area contributed by atoms with Gasteiger partial charge in [0, 0.05) is 111 Å². The topological polar surface area (TPSA) is 605 Å². The number of halogens is 1. The number of nitrogens with two attached hydrogens (primary N) is 3. The molecular formula is C91H126ClN23O18S2. The molecule has 9 rings (SSSR count). The number of rotatable bonds is 26. The predicted octanol–water partition coefficient (Wildman–Crippen LogP) is -0.218. The minimum atomic E-state index is -1.84. The predicted molar refractivity (Wildman–Crippen MR) is 505 cm³/mol. The van der Waals surface area contributed by atoms with Crippen LogP contribution in [-0.4, -0.2) is 301 Å². The summed E-state index contributed by atoms with van der Waals surface area (Å²) in [6, 6.07) is -0.305. The number of fused-ring (bicyclic) bond motifs is 4. The Morgan fingerprint density at radius 1 is 0.556 bits per heavy atom. The summed E-state index contributed by atoms with van der Waals surface area (Å²) in [7, 11) is 3.98. The standard InChI is InChI=1S/C91H126ClN23O18S2/c1-9-11-24-69-83(126)103-60(23-17-33-98-91(95)96)79(122)110-68(78(121)100-44-75(94)118)47-134-48-76(119)102-64(37-52-29-31-55(92)32-30-52)86(129)111(6)51(5)77(120)106-66(41-74(93)117)89(132)115-35-19-27-71(115)85(128)105-62(40-56-43-97-49-101-56)81(124)107-63(36-50(3)4)88(131)114-34-18-26-70(114)84(127)104-61(38-53-42-99-59-22-15-13-20-57(53)59)80(123)109-67(45-116)82(125)108-65(39-54-46-135-73-28-16-14-21-58(54)73)87(130)113(8)72(25-12-10-2)90(133)112(69)7/h13-16,20-22,28-32,42-43,46,49-51,60-72,99,116H,9-12,17-19,23-27,33-41,44-45,47-48H2,1-8H3,(H2,93,117)(H2,94,118)(H,97,101)(H,100,121)(H,102,119)(H,103,126)(H,104,127)(H,105,128)(H,106,120)(H,107,124)(H,108,125)(H,109,123)(H,110,122)(H4,95,96,98)/t51-,60-,61-,62-,63-,64-,65-,66-,67-,68-,69-,70-,71-,72-/m0/s1. The second-order valence-electron chi connectivity index (χ2n) is 34.6. The van der Waals surface area contributed by atoms with Crippen LogP contribution in [0.2, 0.25) is 5.02 Å². The van der Waals surface area contributed by atoms with Crippen LogP contribution in [-0.2, 0) is 107 Å². The van der Waals surface area contributed by atoms with Gasteiger partial charge in [-0.2, -0.15) is 0 Å². The Hall–Kier alpha value is -12.8. The Kier molecular flexibility index (Phi) is 40.1. The maximum atomic E-state index is 15.8. The number of nitrogens with zero attached hydrogens (tertiary/aromatic N) is 6. The van der Waals surface area contributed by atoms with E-state index in [0.717, 1.165) is 31.6 Å². The number of H-pyrrole nitrogens is 2. The lowest BCUT2D eigenvalue weighted by atomic mass is 10.00. The van der Waals surface area contributed by atoms with Gasteiger partial charge in [0.2, 0.25) is 100 Å². The van der Waals surface area contributed by atoms with E-state index in [2.05, 4.69) is 73.4 Å². The average Bonchev–Trinajstić information content (AvgIpc) is 1.75. The molecule has 135 heavy (non-hydrogen) atoms. The van der Waals surface area contributed by atoms with E-state index in [1.165, 1.54) is 78.8 Å². The van der Waals surface area contributed by atoms with Gasteiger partial charge in [0.1, 0.15) is 84.6 Å². The quantitative estimate of drug-likeness (QED) is 0.0190. The molecule has 0 saturated carbocycles. The molecule has 0 unspecified atom stereocenters. The van der Waals surface area contributed by atoms with Crippen LogP contribution in [0.15, 0.2) is 96.9 Å². The summed E-state index contributed by atoms with van der Waals surface area (Å²) in [4.78, 5) is 267. The minimum Gasteiger partial charge on any atom is -0.394 e. The third-order valence-corrected chi connectivity index (χ3v) is 26.5. The number of primary amides is 2. The SMILES string of the molecule is CCCC[C@H]1C(=O)N(C)[C@@H](CCCC)C(=O)N[C@@H](CCCNC(=N)N)C(=O)N[C@H](C(=O)NCC(N)=O)CSCC(=O)N[C@@H](Cc2ccc(Cl)cc2)C(=O)N(C)[C@@H](C)C(=O)N[C@@H](CC(N)=O)C(=O)N2CCC[C@H]2C(=O)N[C@@H](Cc2cnc[nH]2)C(=O)N[C@@H](CC(C)C)C(=O)N2CCC[C@H]2C(=O)N[C@@H](Cc2c[nH]c3ccccc23)C(=O)N[C@@H](CO)C(=O)N[C@@H](Cc2csc3ccccc23)C(=O)N1C. The van der Waals surface area contributed by atoms with Crippen LogP contribution in [0.4, 0.5) is 0 Å². The monoisotopic (exact) mass is 1930 g/mol. The van der Waals surface area contributed by atoms with Crippen molar-refractivity contribution in [2.24, 2.45) is 23.1 Å². The van der Waals surface area contributed by atoms with Crippen molar-refractivity contribution in [1.29, 1.82) is 5.41 Å². The van der Waals surface area contributed by atoms with Gasteiger partial charge in [0.25, 0.3) is 0 Å². The Bertz CT molecular complexity index is 5210. The van der Waals surface area contributed by atoms with E-state index >= 15 is 38.4 Å². The maximum Gasteiger partial charge on any atom is 0.246 e. The first-order valence-electron chi connectivity index (χ1n) is 45.4. The van der Waals surface area contributed by atoms with Crippen molar-refractivity contribution in [3.8, 4) is 0 Å². The van der Waals surface area contributed by atoms with Crippen molar-refractivity contribution in [3.05, 3.63) is 124 Å². The molecule has 44 heteroatoms. The highest BCUT2D eigenvalue weighted by Gasteiger charge is 2.46. The van der Waals surface area contributed by atoms with Gasteiger partial charge in [-0.25, -0.2) is 4.98 Å². The largest absolute Gasteiger partial charge is 0.394 e. The van der Waals surface area contributed by atoms with Crippen LogP contribution in [0.3, 0.4) is 0 Å². The van der Waals surface area contributed by atoms with E-state index in [1.54, 1.807) is 67.9 Å². The van der Waals surface area contributed by atoms with Crippen LogP contribution in [0, 0.1) is 11.3 Å². The number of hydrogen-bond donors (Lipinski definition) is 18. The normalized spacial score (nSPS) is 24.2. The lowest BCUT2D eigenvalue weighted by Crippen LogP contribution is -2.62. The van der Waals surface area contributed by atoms with E-state index in [1.807, 2.05) is 32.0 Å². The first kappa shape index (κ1) is 106. The van der Waals surface area contributed by atoms with Gasteiger partial charge >= 0.3 is 0 Å². The molecule has 0 radical (unpaired) electrons. The van der Waals surface area contributed by atoms with Gasteiger partial charge in [0.05, 0.1) is 31.7 Å². The number of aliphatic hydroxyl groups is 1. The molecule has 3 saturated heterocycles. The molecule has 3 aliphatic heterocycles. The summed E-state index contributed by atoms with van der Waals surface area (Å²) in [5, 5.41) is 52.1. The number of aliphatic hydroxyl groups excluding tert-OH is 1. The van der Waals surface area contributed by atoms with E-state index in [-0.39, 0.29) is 109 Å². The van der Waals surface area contributed by atoms with Crippen LogP contribution in [0.1, 0.15) is 147 Å². The van der Waals surface area contributed by atoms with Gasteiger partial charge in [-0.05, 0) is 122 Å². The fraction of sp³-hybridized carbons (Fsp3) is 0.527. The summed E-state index contributed by atoms with van der Waals surface area (Å²) in [6.07, 6.45) is 4.80. The van der Waals surface area contributed by atoms with E-state index < -0.39 is 222 Å². The first-order valence-corrected chi connectivity index (χ1v) is 47.8. The Labute approximate surface area is 795 Å². The number of guanidine groups is 1. The highest BCUT2D eigenvalue weighted by atomic mass is 35.5. The molecule has 6 aromatic rings. The number of aromatic amines is 2. The van der Waals surface area contributed by atoms with Crippen molar-refractivity contribution < 1.29 is 86.6 Å². The van der Waals surface area contributed by atoms with Crippen LogP contribution >= 0.6 is 34.7 Å². The van der Waals surface area contributed by atoms with Crippen LogP contribution in [0.25, 0.3) is 21.0 Å². The third kappa shape index (κ3) is 29.9. The second-order valence-corrected chi connectivity index (χ2v) is 37.0. The second kappa shape index (κ2) is 51.1. The fourth-order valence-corrected chi connectivity index (χ4v) is 18.6. The molecule has 0 spiro atoms. The first-order chi connectivity index (χ1) is 64.4. The molecule has 3 aliphatic rings. The minimum absolute atomic E-state index is 0.0000389. The summed E-state index contributed by atoms with van der Waals surface area (Å²) < 4.78 is 0.828. The van der Waals surface area contributed by atoms with Gasteiger partial charge in [0.15, 0.2) is 5.96 Å². The zero-order valence-electron chi connectivity index (χ0n) is 77.1. The lowest BCUT2D eigenvalue weighted by Gasteiger charge is -2.36. The van der Waals surface area contributed by atoms with Gasteiger partial charge < -0.3 is 115 Å². The van der Waals surface area contributed by atoms with E-state index in [0.29, 0.717) is 64.0 Å². The maximum absolute atomic E-state index is 15.8. The van der Waals surface area contributed by atoms with Gasteiger partial charge in [-0.15, -0.1) is 23.1 Å². The molecule has 14 atom stereocenters. The number of likely N-dealkylation sites (N-methyl/N-ethyl adjacent to an activating group) is 3. The highest BCUT2D eigenvalue weighted by Crippen LogP contribution is 2.30. The number of carbonyl (C=O) groups is 17. The molecule has 21 N–H and O–H groups in total. The summed E-state index contributed by atoms with van der Waals surface area (Å²) in [5.74, 6) is -16.9. The van der Waals surface area contributed by atoms with Crippen LogP contribution < -0.4 is 75.7 Å². The lowest BCUT2D eigenvalue weighted by molar-refractivity contribution is -0.149. The molecule has 6 heterocycles.